The number of benzene rings is 2. The fourth-order valence-corrected chi connectivity index (χ4v) is 10.3. The Morgan fingerprint density at radius 3 is 2.60 bits per heavy atom. The maximum atomic E-state index is 13.3. The number of hydrogen-bond donors (Lipinski definition) is 5. The molecule has 304 valence electrons. The smallest absolute Gasteiger partial charge is 0.315 e. The summed E-state index contributed by atoms with van der Waals surface area (Å²) < 4.78 is 6.00. The molecule has 6 aliphatic rings. The average Bonchev–Trinajstić information content (AvgIpc) is 4.02. The molecule has 0 aromatic heterocycles. The molecule has 0 saturated carbocycles. The minimum atomic E-state index is -0.333. The zero-order chi connectivity index (χ0) is 39.1. The van der Waals surface area contributed by atoms with Gasteiger partial charge >= 0.3 is 6.03 Å². The molecule has 4 unspecified atom stereocenters. The van der Waals surface area contributed by atoms with Gasteiger partial charge in [-0.25, -0.2) is 9.79 Å². The number of carbonyl (C=O) groups excluding carboxylic acids is 3. The van der Waals surface area contributed by atoms with E-state index < -0.39 is 0 Å². The van der Waals surface area contributed by atoms with Crippen molar-refractivity contribution in [3.8, 4) is 11.5 Å². The van der Waals surface area contributed by atoms with Crippen LogP contribution in [-0.2, 0) is 9.59 Å². The quantitative estimate of drug-likeness (QED) is 0.102. The number of piperazine rings is 1. The second-order valence-electron chi connectivity index (χ2n) is 15.7. The summed E-state index contributed by atoms with van der Waals surface area (Å²) in [7, 11) is 0. The Hall–Kier alpha value is -4.64. The van der Waals surface area contributed by atoms with Crippen LogP contribution >= 0.6 is 11.8 Å². The third-order valence-electron chi connectivity index (χ3n) is 11.9. The van der Waals surface area contributed by atoms with Crippen molar-refractivity contribution in [1.29, 1.82) is 0 Å². The topological polar surface area (TPSA) is 172 Å². The van der Waals surface area contributed by atoms with E-state index in [2.05, 4.69) is 36.1 Å². The number of aliphatic imine (C=N–C) groups is 1. The number of hydrogen-bond acceptors (Lipinski definition) is 12. The van der Waals surface area contributed by atoms with Crippen molar-refractivity contribution in [2.75, 3.05) is 64.7 Å². The van der Waals surface area contributed by atoms with Crippen molar-refractivity contribution in [3.05, 3.63) is 72.3 Å². The predicted octanol–water partition coefficient (Wildman–Crippen LogP) is 1.97. The van der Waals surface area contributed by atoms with Crippen LogP contribution in [0.25, 0.3) is 0 Å². The first kappa shape index (κ1) is 39.2. The van der Waals surface area contributed by atoms with Gasteiger partial charge < -0.3 is 36.6 Å². The van der Waals surface area contributed by atoms with Crippen molar-refractivity contribution >= 4 is 41.7 Å². The number of fused-ring (bicyclic) bond motifs is 2. The Morgan fingerprint density at radius 2 is 1.77 bits per heavy atom. The Kier molecular flexibility index (Phi) is 12.6. The van der Waals surface area contributed by atoms with E-state index >= 15 is 0 Å². The largest absolute Gasteiger partial charge is 0.457 e. The molecule has 4 saturated heterocycles. The van der Waals surface area contributed by atoms with Crippen LogP contribution in [0.4, 0.5) is 4.79 Å². The molecule has 0 bridgehead atoms. The average molecular weight is 798 g/mol. The van der Waals surface area contributed by atoms with Gasteiger partial charge in [0, 0.05) is 82.4 Å². The highest BCUT2D eigenvalue weighted by atomic mass is 32.2. The third-order valence-corrected chi connectivity index (χ3v) is 13.4. The lowest BCUT2D eigenvalue weighted by atomic mass is 9.91. The normalized spacial score (nSPS) is 28.5. The summed E-state index contributed by atoms with van der Waals surface area (Å²) in [5.74, 6) is 2.50. The van der Waals surface area contributed by atoms with Crippen LogP contribution in [0.2, 0.25) is 0 Å². The molecular weight excluding hydrogens is 743 g/mol. The Morgan fingerprint density at radius 1 is 0.982 bits per heavy atom. The number of nitrogens with zero attached hydrogens (tertiary/aromatic N) is 6. The summed E-state index contributed by atoms with van der Waals surface area (Å²) in [5.41, 5.74) is 8.44. The van der Waals surface area contributed by atoms with Gasteiger partial charge in [-0.05, 0) is 61.2 Å². The highest BCUT2D eigenvalue weighted by molar-refractivity contribution is 8.00. The third kappa shape index (κ3) is 9.57. The van der Waals surface area contributed by atoms with Crippen molar-refractivity contribution < 1.29 is 19.1 Å². The number of nitrogens with two attached hydrogens (primary N) is 1. The molecule has 4 fully saturated rings. The monoisotopic (exact) mass is 797 g/mol. The molecule has 4 amide bonds. The first-order valence-corrected chi connectivity index (χ1v) is 21.5. The number of hydrazone groups is 1. The van der Waals surface area contributed by atoms with E-state index in [-0.39, 0.29) is 54.2 Å². The van der Waals surface area contributed by atoms with Crippen LogP contribution in [-0.4, -0.2) is 150 Å². The number of carbonyl (C=O) groups is 3. The number of para-hydroxylation sites is 1. The maximum Gasteiger partial charge on any atom is 0.315 e. The van der Waals surface area contributed by atoms with E-state index in [1.807, 2.05) is 77.3 Å². The zero-order valence-corrected chi connectivity index (χ0v) is 33.2. The lowest BCUT2D eigenvalue weighted by Gasteiger charge is -2.34. The minimum absolute atomic E-state index is 0.0250. The summed E-state index contributed by atoms with van der Waals surface area (Å²) in [6, 6.07) is 18.1. The van der Waals surface area contributed by atoms with Gasteiger partial charge in [-0.3, -0.25) is 24.4 Å². The first-order chi connectivity index (χ1) is 27.9. The molecular formula is C41H55N11O4S. The molecule has 15 nitrogen and oxygen atoms in total. The molecule has 8 rings (SSSR count). The van der Waals surface area contributed by atoms with E-state index in [0.717, 1.165) is 93.5 Å². The number of unbranched alkanes of at least 4 members (excludes halogenated alkanes) is 1. The van der Waals surface area contributed by atoms with Crippen LogP contribution in [0, 0.1) is 5.92 Å². The highest BCUT2D eigenvalue weighted by Crippen LogP contribution is 2.35. The molecule has 0 radical (unpaired) electrons. The van der Waals surface area contributed by atoms with Gasteiger partial charge in [-0.1, -0.05) is 30.7 Å². The number of rotatable bonds is 15. The van der Waals surface area contributed by atoms with Crippen LogP contribution < -0.4 is 31.7 Å². The van der Waals surface area contributed by atoms with Gasteiger partial charge in [0.2, 0.25) is 11.8 Å². The van der Waals surface area contributed by atoms with Crippen molar-refractivity contribution in [1.82, 2.24) is 41.0 Å². The van der Waals surface area contributed by atoms with Crippen LogP contribution in [0.3, 0.4) is 0 Å². The zero-order valence-electron chi connectivity index (χ0n) is 32.4. The van der Waals surface area contributed by atoms with Crippen LogP contribution in [0.5, 0.6) is 11.5 Å². The van der Waals surface area contributed by atoms with Crippen LogP contribution in [0.15, 0.2) is 76.8 Å². The van der Waals surface area contributed by atoms with Gasteiger partial charge in [0.1, 0.15) is 11.5 Å². The predicted molar refractivity (Wildman–Crippen MR) is 222 cm³/mol. The van der Waals surface area contributed by atoms with E-state index in [4.69, 9.17) is 20.6 Å². The number of nitrogens with one attached hydrogen (secondary N) is 4. The Labute approximate surface area is 338 Å². The van der Waals surface area contributed by atoms with E-state index in [9.17, 15) is 14.4 Å². The van der Waals surface area contributed by atoms with Gasteiger partial charge in [0.25, 0.3) is 0 Å². The molecule has 0 aliphatic carbocycles. The Balaban J connectivity index is 0.731. The van der Waals surface area contributed by atoms with Gasteiger partial charge in [-0.15, -0.1) is 0 Å². The van der Waals surface area contributed by atoms with Crippen molar-refractivity contribution in [2.45, 2.75) is 67.8 Å². The Bertz CT molecular complexity index is 1810. The number of thioether (sulfide) groups is 1. The number of urea groups is 1. The first-order valence-electron chi connectivity index (χ1n) is 20.5. The summed E-state index contributed by atoms with van der Waals surface area (Å²) in [4.78, 5) is 48.7. The maximum absolute atomic E-state index is 13.3. The molecule has 6 heterocycles. The summed E-state index contributed by atoms with van der Waals surface area (Å²) in [6.07, 6.45) is 9.06. The number of amides is 4. The molecule has 2 aromatic carbocycles. The standard InChI is InChI=1S/C41H55N11O4S/c42-39-36-37(28-12-14-31(15-13-28)56-30-7-2-1-3-8-30)48-52(40(36)45-27-44-39)29-16-19-51(25-29)35(54)11-6-18-49-21-23-50(24-22-49)20-17-43-34(53)10-5-4-9-33-38-32(26-57-33)46-41(55)47-38/h1-3,6-8,11-15,27,29,32-33,36,38-40H,4-5,9-10,16-26,42H2,(H,43,53)(H,44,45)(H2,46,47,55)/b11-6+/t29-,32+,33?,36?,38+,39?,40?/m1/s1. The second-order valence-corrected chi connectivity index (χ2v) is 17.0. The van der Waals surface area contributed by atoms with Gasteiger partial charge in [0.05, 0.1) is 42.3 Å². The second kappa shape index (κ2) is 18.3. The lowest BCUT2D eigenvalue weighted by Crippen LogP contribution is -2.55. The molecule has 7 atom stereocenters. The molecule has 6 N–H and O–H groups in total. The highest BCUT2D eigenvalue weighted by Gasteiger charge is 2.47. The van der Waals surface area contributed by atoms with Crippen molar-refractivity contribution in [3.63, 3.8) is 0 Å². The molecule has 0 spiro atoms. The van der Waals surface area contributed by atoms with Gasteiger partial charge in [0.15, 0.2) is 6.17 Å². The van der Waals surface area contributed by atoms with E-state index in [0.29, 0.717) is 31.3 Å². The van der Waals surface area contributed by atoms with E-state index in [1.54, 1.807) is 12.4 Å². The summed E-state index contributed by atoms with van der Waals surface area (Å²) in [6.45, 7) is 7.20. The summed E-state index contributed by atoms with van der Waals surface area (Å²) >= 11 is 1.92. The van der Waals surface area contributed by atoms with Gasteiger partial charge in [-0.2, -0.15) is 16.9 Å². The van der Waals surface area contributed by atoms with Crippen LogP contribution in [0.1, 0.15) is 37.7 Å². The van der Waals surface area contributed by atoms with E-state index in [1.165, 1.54) is 0 Å². The number of ether oxygens (including phenoxy) is 1. The summed E-state index contributed by atoms with van der Waals surface area (Å²) in [5, 5.41) is 19.9. The molecule has 57 heavy (non-hydrogen) atoms. The molecule has 16 heteroatoms. The fraction of sp³-hybridized carbons (Fsp3) is 0.537. The SMILES string of the molecule is NC1NC=NC2C1C(c1ccc(Oc3ccccc3)cc1)=NN2[C@@H]1CCN(C(=O)/C=C/CN2CCN(CCNC(=O)CCCCC3SC[C@@H]4NC(=O)N[C@H]34)CC2)C1. The molecule has 6 aliphatic heterocycles. The lowest BCUT2D eigenvalue weighted by molar-refractivity contribution is -0.125. The fourth-order valence-electron chi connectivity index (χ4n) is 8.73. The molecule has 2 aromatic rings. The number of likely N-dealkylation sites (tertiary alicyclic amines) is 1. The van der Waals surface area contributed by atoms with Crippen molar-refractivity contribution in [2.24, 2.45) is 21.7 Å². The minimum Gasteiger partial charge on any atom is -0.457 e.